The van der Waals surface area contributed by atoms with E-state index in [1.807, 2.05) is 18.2 Å². The molecule has 0 N–H and O–H groups in total. The summed E-state index contributed by atoms with van der Waals surface area (Å²) in [5.74, 6) is -0.152. The van der Waals surface area contributed by atoms with E-state index >= 15 is 0 Å². The maximum absolute atomic E-state index is 11.1. The lowest BCUT2D eigenvalue weighted by Gasteiger charge is -2.11. The molecule has 0 saturated carbocycles. The van der Waals surface area contributed by atoms with Crippen LogP contribution in [0.4, 0.5) is 0 Å². The minimum Gasteiger partial charge on any atom is -0.469 e. The Morgan fingerprint density at radius 1 is 1.05 bits per heavy atom. The van der Waals surface area contributed by atoms with Crippen molar-refractivity contribution in [1.29, 1.82) is 0 Å². The zero-order valence-corrected chi connectivity index (χ0v) is 13.6. The van der Waals surface area contributed by atoms with Gasteiger partial charge in [0, 0.05) is 6.42 Å². The zero-order valence-electron chi connectivity index (χ0n) is 12.8. The van der Waals surface area contributed by atoms with Crippen LogP contribution in [0.2, 0.25) is 0 Å². The number of alkyl halides is 1. The fourth-order valence-electron chi connectivity index (χ4n) is 2.37. The third-order valence-corrected chi connectivity index (χ3v) is 4.08. The molecular formula is C19H21ClO2. The van der Waals surface area contributed by atoms with Crippen molar-refractivity contribution >= 4 is 17.6 Å². The van der Waals surface area contributed by atoms with Crippen LogP contribution in [-0.2, 0) is 22.4 Å². The first-order chi connectivity index (χ1) is 10.7. The summed E-state index contributed by atoms with van der Waals surface area (Å²) in [6.07, 6.45) is 2.97. The zero-order chi connectivity index (χ0) is 15.8. The molecule has 22 heavy (non-hydrogen) atoms. The van der Waals surface area contributed by atoms with Gasteiger partial charge in [-0.15, -0.1) is 11.6 Å². The second-order valence-corrected chi connectivity index (χ2v) is 5.86. The molecule has 0 aliphatic rings. The summed E-state index contributed by atoms with van der Waals surface area (Å²) in [5.41, 5.74) is 3.59. The predicted molar refractivity (Wildman–Crippen MR) is 90.1 cm³/mol. The van der Waals surface area contributed by atoms with Crippen LogP contribution in [0.3, 0.4) is 0 Å². The van der Waals surface area contributed by atoms with Crippen molar-refractivity contribution in [1.82, 2.24) is 0 Å². The normalized spacial score (nSPS) is 11.9. The molecule has 1 unspecified atom stereocenters. The summed E-state index contributed by atoms with van der Waals surface area (Å²) in [6.45, 7) is 0. The SMILES string of the molecule is COC(=O)CCCc1ccc(C(Cl)Cc2ccccc2)cc1. The molecule has 116 valence electrons. The number of ether oxygens (including phenoxy) is 1. The van der Waals surface area contributed by atoms with Gasteiger partial charge in [-0.05, 0) is 36.0 Å². The molecule has 0 spiro atoms. The minimum atomic E-state index is -0.152. The fourth-order valence-corrected chi connectivity index (χ4v) is 2.69. The Balaban J connectivity index is 1.87. The Morgan fingerprint density at radius 3 is 2.36 bits per heavy atom. The van der Waals surface area contributed by atoms with E-state index in [1.165, 1.54) is 18.2 Å². The predicted octanol–water partition coefficient (Wildman–Crippen LogP) is 4.70. The van der Waals surface area contributed by atoms with Crippen LogP contribution in [0.15, 0.2) is 54.6 Å². The Bertz CT molecular complexity index is 578. The number of hydrogen-bond donors (Lipinski definition) is 0. The highest BCUT2D eigenvalue weighted by Gasteiger charge is 2.09. The maximum atomic E-state index is 11.1. The average Bonchev–Trinajstić information content (AvgIpc) is 2.56. The van der Waals surface area contributed by atoms with Crippen LogP contribution < -0.4 is 0 Å². The number of halogens is 1. The highest BCUT2D eigenvalue weighted by Crippen LogP contribution is 2.25. The lowest BCUT2D eigenvalue weighted by atomic mass is 10.0. The first-order valence-electron chi connectivity index (χ1n) is 7.52. The van der Waals surface area contributed by atoms with E-state index < -0.39 is 0 Å². The number of rotatable bonds is 7. The van der Waals surface area contributed by atoms with Crippen molar-refractivity contribution in [3.8, 4) is 0 Å². The molecule has 0 aliphatic carbocycles. The van der Waals surface area contributed by atoms with Crippen molar-refractivity contribution in [2.45, 2.75) is 31.1 Å². The third-order valence-electron chi connectivity index (χ3n) is 3.67. The van der Waals surface area contributed by atoms with Crippen molar-refractivity contribution < 1.29 is 9.53 Å². The Kier molecular flexibility index (Phi) is 6.47. The second-order valence-electron chi connectivity index (χ2n) is 5.33. The van der Waals surface area contributed by atoms with Crippen LogP contribution in [0.1, 0.15) is 34.9 Å². The molecule has 0 saturated heterocycles. The molecule has 2 aromatic carbocycles. The quantitative estimate of drug-likeness (QED) is 0.546. The lowest BCUT2D eigenvalue weighted by molar-refractivity contribution is -0.140. The van der Waals surface area contributed by atoms with Gasteiger partial charge in [-0.3, -0.25) is 4.79 Å². The van der Waals surface area contributed by atoms with Crippen LogP contribution in [0.25, 0.3) is 0 Å². The molecule has 0 fully saturated rings. The van der Waals surface area contributed by atoms with Crippen LogP contribution >= 0.6 is 11.6 Å². The van der Waals surface area contributed by atoms with Gasteiger partial charge in [-0.1, -0.05) is 54.6 Å². The van der Waals surface area contributed by atoms with E-state index in [2.05, 4.69) is 41.1 Å². The standard InChI is InChI=1S/C19H21ClO2/c1-22-19(21)9-5-8-15-10-12-17(13-11-15)18(20)14-16-6-3-2-4-7-16/h2-4,6-7,10-13,18H,5,8-9,14H2,1H3. The highest BCUT2D eigenvalue weighted by molar-refractivity contribution is 6.20. The Morgan fingerprint density at radius 2 is 1.73 bits per heavy atom. The molecule has 0 amide bonds. The third kappa shape index (κ3) is 5.19. The van der Waals surface area contributed by atoms with Crippen LogP contribution in [-0.4, -0.2) is 13.1 Å². The molecule has 3 heteroatoms. The molecule has 0 aliphatic heterocycles. The first kappa shape index (κ1) is 16.6. The lowest BCUT2D eigenvalue weighted by Crippen LogP contribution is -2.00. The van der Waals surface area contributed by atoms with Crippen molar-refractivity contribution in [2.24, 2.45) is 0 Å². The number of benzene rings is 2. The number of carbonyl (C=O) groups is 1. The largest absolute Gasteiger partial charge is 0.469 e. The summed E-state index contributed by atoms with van der Waals surface area (Å²) in [5, 5.41) is -0.0217. The molecule has 2 nitrogen and oxygen atoms in total. The maximum Gasteiger partial charge on any atom is 0.305 e. The summed E-state index contributed by atoms with van der Waals surface area (Å²) >= 11 is 6.50. The van der Waals surface area contributed by atoms with Gasteiger partial charge in [-0.2, -0.15) is 0 Å². The minimum absolute atomic E-state index is 0.0217. The number of carbonyl (C=O) groups excluding carboxylic acids is 1. The second kappa shape index (κ2) is 8.60. The highest BCUT2D eigenvalue weighted by atomic mass is 35.5. The van der Waals surface area contributed by atoms with Crippen molar-refractivity contribution in [2.75, 3.05) is 7.11 Å². The van der Waals surface area contributed by atoms with Gasteiger partial charge in [0.25, 0.3) is 0 Å². The average molecular weight is 317 g/mol. The first-order valence-corrected chi connectivity index (χ1v) is 7.96. The van der Waals surface area contributed by atoms with Gasteiger partial charge in [0.15, 0.2) is 0 Å². The van der Waals surface area contributed by atoms with Gasteiger partial charge in [0.2, 0.25) is 0 Å². The van der Waals surface area contributed by atoms with Gasteiger partial charge >= 0.3 is 5.97 Å². The van der Waals surface area contributed by atoms with Gasteiger partial charge in [-0.25, -0.2) is 0 Å². The number of hydrogen-bond acceptors (Lipinski definition) is 2. The summed E-state index contributed by atoms with van der Waals surface area (Å²) in [7, 11) is 1.42. The van der Waals surface area contributed by atoms with Crippen molar-refractivity contribution in [3.63, 3.8) is 0 Å². The smallest absolute Gasteiger partial charge is 0.305 e. The Hall–Kier alpha value is -1.80. The molecule has 0 aromatic heterocycles. The topological polar surface area (TPSA) is 26.3 Å². The van der Waals surface area contributed by atoms with Crippen LogP contribution in [0.5, 0.6) is 0 Å². The molecular weight excluding hydrogens is 296 g/mol. The van der Waals surface area contributed by atoms with E-state index in [-0.39, 0.29) is 11.3 Å². The molecule has 0 bridgehead atoms. The molecule has 0 radical (unpaired) electrons. The number of aryl methyl sites for hydroxylation is 1. The van der Waals surface area contributed by atoms with Crippen molar-refractivity contribution in [3.05, 3.63) is 71.3 Å². The fraction of sp³-hybridized carbons (Fsp3) is 0.316. The monoisotopic (exact) mass is 316 g/mol. The Labute approximate surface area is 137 Å². The summed E-state index contributed by atoms with van der Waals surface area (Å²) in [6, 6.07) is 18.6. The summed E-state index contributed by atoms with van der Waals surface area (Å²) in [4.78, 5) is 11.1. The number of methoxy groups -OCH3 is 1. The summed E-state index contributed by atoms with van der Waals surface area (Å²) < 4.78 is 4.64. The molecule has 0 heterocycles. The molecule has 2 aromatic rings. The van der Waals surface area contributed by atoms with Gasteiger partial charge < -0.3 is 4.74 Å². The van der Waals surface area contributed by atoms with E-state index in [0.717, 1.165) is 24.8 Å². The van der Waals surface area contributed by atoms with E-state index in [1.54, 1.807) is 0 Å². The van der Waals surface area contributed by atoms with E-state index in [0.29, 0.717) is 6.42 Å². The van der Waals surface area contributed by atoms with Gasteiger partial charge in [0.1, 0.15) is 0 Å². The number of esters is 1. The van der Waals surface area contributed by atoms with Crippen LogP contribution in [0, 0.1) is 0 Å². The van der Waals surface area contributed by atoms with E-state index in [4.69, 9.17) is 11.6 Å². The molecule has 1 atom stereocenters. The van der Waals surface area contributed by atoms with E-state index in [9.17, 15) is 4.79 Å². The van der Waals surface area contributed by atoms with Gasteiger partial charge in [0.05, 0.1) is 12.5 Å². The molecule has 2 rings (SSSR count).